The van der Waals surface area contributed by atoms with Crippen molar-refractivity contribution in [2.75, 3.05) is 0 Å². The smallest absolute Gasteiger partial charge is 1.00 e. The normalized spacial score (nSPS) is 13.7. The van der Waals surface area contributed by atoms with Crippen LogP contribution in [0.15, 0.2) is 136 Å². The molecule has 52 heavy (non-hydrogen) atoms. The van der Waals surface area contributed by atoms with Crippen molar-refractivity contribution in [3.63, 3.8) is 0 Å². The Morgan fingerprint density at radius 3 is 1.50 bits per heavy atom. The second kappa shape index (κ2) is 14.7. The van der Waals surface area contributed by atoms with Crippen LogP contribution in [0.3, 0.4) is 0 Å². The van der Waals surface area contributed by atoms with Crippen molar-refractivity contribution in [2.45, 2.75) is 56.0 Å². The van der Waals surface area contributed by atoms with Crippen molar-refractivity contribution in [2.24, 2.45) is 0 Å². The first kappa shape index (κ1) is 38.8. The Morgan fingerprint density at radius 2 is 1.04 bits per heavy atom. The van der Waals surface area contributed by atoms with Crippen LogP contribution in [0.5, 0.6) is 0 Å². The summed E-state index contributed by atoms with van der Waals surface area (Å²) in [5, 5.41) is 6.12. The van der Waals surface area contributed by atoms with Gasteiger partial charge >= 0.3 is 320 Å². The third kappa shape index (κ3) is 7.06. The zero-order valence-electron chi connectivity index (χ0n) is 30.2. The topological polar surface area (TPSA) is 0 Å². The Hall–Kier alpha value is -2.90. The average molecular weight is 838 g/mol. The Bertz CT molecular complexity index is 2300. The van der Waals surface area contributed by atoms with Crippen LogP contribution in [0.1, 0.15) is 78.5 Å². The maximum Gasteiger partial charge on any atom is -1.00 e. The first-order valence-electron chi connectivity index (χ1n) is 17.4. The second-order valence-corrected chi connectivity index (χ2v) is 20.1. The van der Waals surface area contributed by atoms with Gasteiger partial charge in [-0.1, -0.05) is 0 Å². The first-order chi connectivity index (χ1) is 23.9. The van der Waals surface area contributed by atoms with E-state index in [1.807, 2.05) is 0 Å². The number of halogens is 4. The first-order valence-corrected chi connectivity index (χ1v) is 20.8. The van der Waals surface area contributed by atoms with Crippen LogP contribution in [0, 0.1) is 0 Å². The monoisotopic (exact) mass is 834 g/mol. The van der Waals surface area contributed by atoms with E-state index in [1.165, 1.54) is 58.6 Å². The van der Waals surface area contributed by atoms with Gasteiger partial charge in [0.1, 0.15) is 0 Å². The van der Waals surface area contributed by atoms with Gasteiger partial charge in [-0.3, -0.25) is 0 Å². The van der Waals surface area contributed by atoms with Crippen LogP contribution in [-0.4, -0.2) is 0 Å². The molecule has 0 aromatic heterocycles. The van der Waals surface area contributed by atoms with Gasteiger partial charge in [0, 0.05) is 0 Å². The summed E-state index contributed by atoms with van der Waals surface area (Å²) in [6.07, 6.45) is 7.00. The molecule has 5 heteroatoms. The summed E-state index contributed by atoms with van der Waals surface area (Å²) in [4.78, 5) is 0. The van der Waals surface area contributed by atoms with Crippen molar-refractivity contribution in [1.29, 1.82) is 0 Å². The quantitative estimate of drug-likeness (QED) is 0.169. The second-order valence-electron chi connectivity index (χ2n) is 15.8. The molecule has 2 aliphatic rings. The van der Waals surface area contributed by atoms with Gasteiger partial charge in [0.2, 0.25) is 0 Å². The molecule has 0 saturated carbocycles. The van der Waals surface area contributed by atoms with Gasteiger partial charge in [-0.2, -0.15) is 0 Å². The molecular formula is C47H40Cl4Zr. The van der Waals surface area contributed by atoms with E-state index >= 15 is 0 Å². The van der Waals surface area contributed by atoms with Crippen molar-refractivity contribution in [1.82, 2.24) is 0 Å². The van der Waals surface area contributed by atoms with E-state index in [0.29, 0.717) is 3.63 Å². The fraction of sp³-hybridized carbons (Fsp3) is 0.191. The summed E-state index contributed by atoms with van der Waals surface area (Å²) >= 11 is 12.5. The Balaban J connectivity index is 0.00000232. The zero-order valence-corrected chi connectivity index (χ0v) is 35.7. The molecule has 6 aromatic carbocycles. The molecule has 6 aromatic rings. The summed E-state index contributed by atoms with van der Waals surface area (Å²) in [7, 11) is 0. The fourth-order valence-electron chi connectivity index (χ4n) is 7.67. The van der Waals surface area contributed by atoms with Gasteiger partial charge in [-0.25, -0.2) is 0 Å². The predicted molar refractivity (Wildman–Crippen MR) is 212 cm³/mol. The van der Waals surface area contributed by atoms with Crippen LogP contribution in [-0.2, 0) is 34.1 Å². The number of hydrogen-bond acceptors (Lipinski definition) is 0. The minimum Gasteiger partial charge on any atom is -1.00 e. The van der Waals surface area contributed by atoms with E-state index in [0.717, 1.165) is 31.9 Å². The van der Waals surface area contributed by atoms with Gasteiger partial charge in [0.25, 0.3) is 0 Å². The molecule has 0 bridgehead atoms. The van der Waals surface area contributed by atoms with Crippen LogP contribution in [0.25, 0.3) is 38.2 Å². The largest absolute Gasteiger partial charge is 1.00 e. The summed E-state index contributed by atoms with van der Waals surface area (Å²) in [5.41, 5.74) is 13.5. The van der Waals surface area contributed by atoms with Crippen molar-refractivity contribution in [3.8, 4) is 11.1 Å². The molecule has 0 spiro atoms. The maximum absolute atomic E-state index is 6.93. The number of allylic oxidation sites excluding steroid dienone is 5. The van der Waals surface area contributed by atoms with Crippen LogP contribution in [0.4, 0.5) is 0 Å². The molecule has 0 radical (unpaired) electrons. The van der Waals surface area contributed by atoms with Gasteiger partial charge in [-0.05, 0) is 0 Å². The Morgan fingerprint density at radius 1 is 0.577 bits per heavy atom. The van der Waals surface area contributed by atoms with Crippen molar-refractivity contribution < 1.29 is 48.0 Å². The van der Waals surface area contributed by atoms with Crippen LogP contribution >= 0.6 is 23.2 Å². The van der Waals surface area contributed by atoms with Gasteiger partial charge in [0.15, 0.2) is 0 Å². The molecule has 2 aliphatic carbocycles. The molecule has 0 amide bonds. The van der Waals surface area contributed by atoms with E-state index in [-0.39, 0.29) is 35.6 Å². The van der Waals surface area contributed by atoms with E-state index in [9.17, 15) is 0 Å². The third-order valence-corrected chi connectivity index (χ3v) is 14.8. The molecule has 0 saturated heterocycles. The van der Waals surface area contributed by atoms with Gasteiger partial charge < -0.3 is 24.8 Å². The van der Waals surface area contributed by atoms with E-state index < -0.39 is 23.2 Å². The Kier molecular flexibility index (Phi) is 11.0. The molecule has 8 rings (SSSR count). The minimum atomic E-state index is -1.32. The predicted octanol–water partition coefficient (Wildman–Crippen LogP) is 8.01. The summed E-state index contributed by atoms with van der Waals surface area (Å²) < 4.78 is 1.88. The average Bonchev–Trinajstić information content (AvgIpc) is 3.65. The van der Waals surface area contributed by atoms with Gasteiger partial charge in [-0.15, -0.1) is 0 Å². The van der Waals surface area contributed by atoms with E-state index in [4.69, 9.17) is 23.2 Å². The van der Waals surface area contributed by atoms with Crippen molar-refractivity contribution >= 4 is 50.3 Å². The minimum absolute atomic E-state index is 0. The SMILES string of the molecule is CC(C)(C)c1ccc2c(c1)[CH]([Zr+2][C]1=CC=CC1=C(c1cc(Cl)cc3ccccc13)c1cc(Cl)cc3ccccc13)c1cc(C(C)(C)C)ccc1-2.[Cl-].[Cl-]. The number of fused-ring (bicyclic) bond motifs is 5. The molecule has 0 N–H and O–H groups in total. The molecule has 0 heterocycles. The molecule has 260 valence electrons. The summed E-state index contributed by atoms with van der Waals surface area (Å²) in [6, 6.07) is 40.2. The molecule has 0 atom stereocenters. The Labute approximate surface area is 342 Å². The van der Waals surface area contributed by atoms with Crippen molar-refractivity contribution in [3.05, 3.63) is 180 Å². The maximum atomic E-state index is 6.93. The van der Waals surface area contributed by atoms with Crippen LogP contribution in [0.2, 0.25) is 10.0 Å². The number of rotatable bonds is 4. The third-order valence-electron chi connectivity index (χ3n) is 10.3. The summed E-state index contributed by atoms with van der Waals surface area (Å²) in [5.74, 6) is 0. The van der Waals surface area contributed by atoms with Crippen LogP contribution < -0.4 is 24.8 Å². The van der Waals surface area contributed by atoms with E-state index in [2.05, 4.69) is 169 Å². The molecule has 0 aliphatic heterocycles. The fourth-order valence-corrected chi connectivity index (χ4v) is 12.2. The van der Waals surface area contributed by atoms with E-state index in [1.54, 1.807) is 0 Å². The number of benzene rings is 6. The zero-order chi connectivity index (χ0) is 34.9. The number of hydrogen-bond donors (Lipinski definition) is 0. The summed E-state index contributed by atoms with van der Waals surface area (Å²) in [6.45, 7) is 13.9. The molecular weight excluding hydrogens is 798 g/mol. The molecule has 0 fully saturated rings. The van der Waals surface area contributed by atoms with Gasteiger partial charge in [0.05, 0.1) is 0 Å². The standard InChI is InChI=1S/C26H15Cl2.C21H25.2ClH.Zr/c27-20-13-18-9-3-5-11-22(18)24(15-20)26(17-7-1-2-8-17)25-16-21(28)14-19-10-4-6-12-23(19)25;1-20(2,3)16-7-9-18-14(12-16)11-15-13-17(21(4,5)6)8-10-19(15)18;;;/h1-7,9-16H;7-13H,1-6H3;2*1H;/q;;;;+2/p-2. The molecule has 0 unspecified atom stereocenters. The molecule has 0 nitrogen and oxygen atoms in total.